The van der Waals surface area contributed by atoms with E-state index in [0.29, 0.717) is 24.4 Å². The molecular formula is C33H40N4O6. The maximum Gasteiger partial charge on any atom is 0.410 e. The largest absolute Gasteiger partial charge is 0.490 e. The Labute approximate surface area is 252 Å². The molecule has 3 aromatic carbocycles. The normalized spacial score (nSPS) is 17.3. The number of esters is 1. The third kappa shape index (κ3) is 8.79. The van der Waals surface area contributed by atoms with Crippen LogP contribution in [0, 0.1) is 11.3 Å². The van der Waals surface area contributed by atoms with Crippen LogP contribution in [0.5, 0.6) is 5.75 Å². The van der Waals surface area contributed by atoms with Crippen molar-refractivity contribution in [2.45, 2.75) is 51.5 Å². The molecule has 10 nitrogen and oxygen atoms in total. The molecule has 1 heterocycles. The van der Waals surface area contributed by atoms with E-state index in [1.165, 1.54) is 0 Å². The van der Waals surface area contributed by atoms with Gasteiger partial charge in [0.05, 0.1) is 0 Å². The standard InChI is InChI=1S/C33H40N4O6/c1-22-19-37(32(39)42-33(2,3)4)20-27(22)36-30(34)25-15-17-26(18-16-25)40-21-28(43-35)31(38)41-29(23-11-7-5-8-12-23)24-13-9-6-10-14-24/h5-18,22,27-29H,19-21,35H2,1-4H3,(H2,34,36)/t22?,27?,28-/m0/s1. The van der Waals surface area contributed by atoms with Crippen molar-refractivity contribution in [2.75, 3.05) is 19.7 Å². The molecule has 1 amide bonds. The number of hydrogen-bond acceptors (Lipinski definition) is 8. The predicted octanol–water partition coefficient (Wildman–Crippen LogP) is 4.83. The second kappa shape index (κ2) is 14.2. The van der Waals surface area contributed by atoms with E-state index in [9.17, 15) is 9.59 Å². The van der Waals surface area contributed by atoms with Gasteiger partial charge in [-0.05, 0) is 62.1 Å². The highest BCUT2D eigenvalue weighted by Crippen LogP contribution is 2.27. The minimum atomic E-state index is -1.16. The van der Waals surface area contributed by atoms with E-state index >= 15 is 0 Å². The predicted molar refractivity (Wildman–Crippen MR) is 163 cm³/mol. The van der Waals surface area contributed by atoms with Gasteiger partial charge in [-0.3, -0.25) is 10.2 Å². The molecule has 2 unspecified atom stereocenters. The molecule has 43 heavy (non-hydrogen) atoms. The summed E-state index contributed by atoms with van der Waals surface area (Å²) in [6.07, 6.45) is -2.15. The summed E-state index contributed by atoms with van der Waals surface area (Å²) in [5, 5.41) is 11.8. The molecule has 0 aliphatic carbocycles. The van der Waals surface area contributed by atoms with Crippen LogP contribution in [0.25, 0.3) is 0 Å². The first-order valence-electron chi connectivity index (χ1n) is 14.3. The number of nitrogens with zero attached hydrogens (tertiary/aromatic N) is 1. The van der Waals surface area contributed by atoms with Crippen LogP contribution >= 0.6 is 0 Å². The van der Waals surface area contributed by atoms with Crippen molar-refractivity contribution >= 4 is 17.9 Å². The molecule has 3 atom stereocenters. The van der Waals surface area contributed by atoms with Gasteiger partial charge in [0, 0.05) is 24.7 Å². The molecule has 0 bridgehead atoms. The highest BCUT2D eigenvalue weighted by Gasteiger charge is 2.35. The second-order valence-corrected chi connectivity index (χ2v) is 11.6. The molecule has 0 spiro atoms. The molecule has 1 aliphatic heterocycles. The van der Waals surface area contributed by atoms with Crippen LogP contribution in [-0.4, -0.2) is 60.2 Å². The monoisotopic (exact) mass is 588 g/mol. The van der Waals surface area contributed by atoms with E-state index in [4.69, 9.17) is 30.4 Å². The molecule has 4 rings (SSSR count). The number of likely N-dealkylation sites (tertiary alicyclic amines) is 1. The van der Waals surface area contributed by atoms with Crippen molar-refractivity contribution in [3.63, 3.8) is 0 Å². The molecule has 4 N–H and O–H groups in total. The maximum atomic E-state index is 13.0. The second-order valence-electron chi connectivity index (χ2n) is 11.6. The van der Waals surface area contributed by atoms with Crippen molar-refractivity contribution in [2.24, 2.45) is 11.8 Å². The summed E-state index contributed by atoms with van der Waals surface area (Å²) < 4.78 is 17.1. The average Bonchev–Trinajstić information content (AvgIpc) is 3.36. The lowest BCUT2D eigenvalue weighted by atomic mass is 10.0. The van der Waals surface area contributed by atoms with Gasteiger partial charge in [0.25, 0.3) is 0 Å². The van der Waals surface area contributed by atoms with Crippen LogP contribution in [0.3, 0.4) is 0 Å². The first-order chi connectivity index (χ1) is 20.5. The van der Waals surface area contributed by atoms with Crippen molar-refractivity contribution < 1.29 is 28.6 Å². The SMILES string of the molecule is CC1CN(C(=O)OC(C)(C)C)CC1NC(=N)c1ccc(OC[C@H](ON)C(=O)OC(c2ccccc2)c2ccccc2)cc1. The van der Waals surface area contributed by atoms with Gasteiger partial charge in [0.2, 0.25) is 6.10 Å². The molecule has 228 valence electrons. The van der Waals surface area contributed by atoms with Gasteiger partial charge >= 0.3 is 12.1 Å². The van der Waals surface area contributed by atoms with Gasteiger partial charge < -0.3 is 24.4 Å². The summed E-state index contributed by atoms with van der Waals surface area (Å²) in [5.41, 5.74) is 1.71. The van der Waals surface area contributed by atoms with E-state index in [0.717, 1.165) is 11.1 Å². The van der Waals surface area contributed by atoms with Crippen molar-refractivity contribution in [3.8, 4) is 5.75 Å². The number of carbonyl (C=O) groups excluding carboxylic acids is 2. The highest BCUT2D eigenvalue weighted by atomic mass is 16.7. The number of nitrogens with one attached hydrogen (secondary N) is 2. The van der Waals surface area contributed by atoms with Crippen LogP contribution < -0.4 is 16.0 Å². The Kier molecular flexibility index (Phi) is 10.4. The Morgan fingerprint density at radius 3 is 2.07 bits per heavy atom. The third-order valence-electron chi connectivity index (χ3n) is 7.00. The number of hydrogen-bond donors (Lipinski definition) is 3. The van der Waals surface area contributed by atoms with Crippen LogP contribution in [0.4, 0.5) is 4.79 Å². The zero-order chi connectivity index (χ0) is 31.0. The van der Waals surface area contributed by atoms with E-state index < -0.39 is 23.8 Å². The minimum Gasteiger partial charge on any atom is -0.490 e. The van der Waals surface area contributed by atoms with Gasteiger partial charge in [0.15, 0.2) is 6.10 Å². The molecule has 0 aromatic heterocycles. The quantitative estimate of drug-likeness (QED) is 0.133. The Morgan fingerprint density at radius 2 is 1.53 bits per heavy atom. The average molecular weight is 589 g/mol. The summed E-state index contributed by atoms with van der Waals surface area (Å²) in [7, 11) is 0. The van der Waals surface area contributed by atoms with Gasteiger partial charge in [-0.1, -0.05) is 67.6 Å². The Bertz CT molecular complexity index is 1320. The lowest BCUT2D eigenvalue weighted by Gasteiger charge is -2.24. The van der Waals surface area contributed by atoms with E-state index in [-0.39, 0.29) is 30.5 Å². The minimum absolute atomic E-state index is 0.0833. The summed E-state index contributed by atoms with van der Waals surface area (Å²) in [5.74, 6) is 5.64. The van der Waals surface area contributed by atoms with Gasteiger partial charge in [0.1, 0.15) is 23.8 Å². The van der Waals surface area contributed by atoms with Crippen LogP contribution in [0.2, 0.25) is 0 Å². The summed E-state index contributed by atoms with van der Waals surface area (Å²) >= 11 is 0. The first-order valence-corrected chi connectivity index (χ1v) is 14.3. The zero-order valence-corrected chi connectivity index (χ0v) is 25.0. The van der Waals surface area contributed by atoms with Crippen LogP contribution in [0.1, 0.15) is 50.5 Å². The topological polar surface area (TPSA) is 136 Å². The van der Waals surface area contributed by atoms with Gasteiger partial charge in [-0.25, -0.2) is 15.5 Å². The number of rotatable bonds is 10. The van der Waals surface area contributed by atoms with Crippen LogP contribution in [0.15, 0.2) is 84.9 Å². The van der Waals surface area contributed by atoms with Crippen LogP contribution in [-0.2, 0) is 19.1 Å². The molecule has 1 saturated heterocycles. The number of nitrogens with two attached hydrogens (primary N) is 1. The van der Waals surface area contributed by atoms with Crippen molar-refractivity contribution in [3.05, 3.63) is 102 Å². The summed E-state index contributed by atoms with van der Waals surface area (Å²) in [6, 6.07) is 25.7. The molecule has 1 fully saturated rings. The number of ether oxygens (including phenoxy) is 3. The lowest BCUT2D eigenvalue weighted by molar-refractivity contribution is -0.163. The first kappa shape index (κ1) is 31.5. The van der Waals surface area contributed by atoms with E-state index in [2.05, 4.69) is 5.32 Å². The summed E-state index contributed by atoms with van der Waals surface area (Å²) in [4.78, 5) is 32.1. The molecule has 1 aliphatic rings. The molecular weight excluding hydrogens is 548 g/mol. The number of benzene rings is 3. The molecule has 0 radical (unpaired) electrons. The molecule has 3 aromatic rings. The highest BCUT2D eigenvalue weighted by molar-refractivity contribution is 5.96. The Balaban J connectivity index is 1.31. The third-order valence-corrected chi connectivity index (χ3v) is 7.00. The van der Waals surface area contributed by atoms with Gasteiger partial charge in [-0.2, -0.15) is 0 Å². The van der Waals surface area contributed by atoms with Crippen molar-refractivity contribution in [1.82, 2.24) is 10.2 Å². The smallest absolute Gasteiger partial charge is 0.410 e. The van der Waals surface area contributed by atoms with Crippen molar-refractivity contribution in [1.29, 1.82) is 5.41 Å². The fourth-order valence-electron chi connectivity index (χ4n) is 4.73. The lowest BCUT2D eigenvalue weighted by Crippen LogP contribution is -2.41. The zero-order valence-electron chi connectivity index (χ0n) is 25.0. The fourth-order valence-corrected chi connectivity index (χ4v) is 4.73. The van der Waals surface area contributed by atoms with Gasteiger partial charge in [-0.15, -0.1) is 0 Å². The number of carbonyl (C=O) groups is 2. The van der Waals surface area contributed by atoms with E-state index in [1.54, 1.807) is 29.2 Å². The number of amides is 1. The summed E-state index contributed by atoms with van der Waals surface area (Å²) in [6.45, 7) is 8.39. The fraction of sp³-hybridized carbons (Fsp3) is 0.364. The Morgan fingerprint density at radius 1 is 0.953 bits per heavy atom. The molecule has 10 heteroatoms. The number of amidine groups is 1. The Hall–Kier alpha value is -4.41. The maximum absolute atomic E-state index is 13.0. The molecule has 0 saturated carbocycles. The van der Waals surface area contributed by atoms with E-state index in [1.807, 2.05) is 88.4 Å².